The molecule has 2 heterocycles. The molecule has 0 spiro atoms. The highest BCUT2D eigenvalue weighted by atomic mass is 32.1. The van der Waals surface area contributed by atoms with Gasteiger partial charge in [0.2, 0.25) is 5.91 Å². The predicted octanol–water partition coefficient (Wildman–Crippen LogP) is 0.930. The molecular formula is C14H18N2O4S. The summed E-state index contributed by atoms with van der Waals surface area (Å²) in [6, 6.07) is -0.723. The van der Waals surface area contributed by atoms with E-state index in [9.17, 15) is 19.5 Å². The maximum Gasteiger partial charge on any atom is 0.326 e. The van der Waals surface area contributed by atoms with Gasteiger partial charge < -0.3 is 10.0 Å². The van der Waals surface area contributed by atoms with Crippen LogP contribution in [-0.2, 0) is 16.1 Å². The van der Waals surface area contributed by atoms with Gasteiger partial charge in [0.15, 0.2) is 0 Å². The molecule has 1 amide bonds. The van der Waals surface area contributed by atoms with Crippen molar-refractivity contribution < 1.29 is 14.7 Å². The van der Waals surface area contributed by atoms with E-state index in [1.807, 2.05) is 0 Å². The molecule has 1 saturated carbocycles. The van der Waals surface area contributed by atoms with E-state index in [1.54, 1.807) is 12.3 Å². The highest BCUT2D eigenvalue weighted by Gasteiger charge is 2.49. The standard InChI is InChI=1S/C14H18N2O4S/c1-8-7-21-14(20)15(8)6-11(17)16-5-9-3-2-4-10(9)12(16)13(18)19/h7,9-10,12H,2-6H2,1H3,(H,18,19). The summed E-state index contributed by atoms with van der Waals surface area (Å²) in [5.41, 5.74) is 0.740. The molecule has 1 N–H and O–H groups in total. The molecular weight excluding hydrogens is 292 g/mol. The van der Waals surface area contributed by atoms with E-state index in [0.29, 0.717) is 12.5 Å². The van der Waals surface area contributed by atoms with Crippen LogP contribution in [0.25, 0.3) is 0 Å². The van der Waals surface area contributed by atoms with Crippen molar-refractivity contribution in [3.8, 4) is 0 Å². The van der Waals surface area contributed by atoms with Crippen molar-refractivity contribution in [2.24, 2.45) is 11.8 Å². The summed E-state index contributed by atoms with van der Waals surface area (Å²) >= 11 is 1.06. The number of aromatic nitrogens is 1. The third kappa shape index (κ3) is 2.39. The van der Waals surface area contributed by atoms with Gasteiger partial charge >= 0.3 is 10.8 Å². The lowest BCUT2D eigenvalue weighted by Crippen LogP contribution is -2.45. The van der Waals surface area contributed by atoms with E-state index in [1.165, 1.54) is 9.47 Å². The van der Waals surface area contributed by atoms with Crippen molar-refractivity contribution in [3.63, 3.8) is 0 Å². The molecule has 0 bridgehead atoms. The quantitative estimate of drug-likeness (QED) is 0.900. The van der Waals surface area contributed by atoms with E-state index >= 15 is 0 Å². The average molecular weight is 310 g/mol. The molecule has 0 aromatic carbocycles. The Kier molecular flexibility index (Phi) is 3.61. The highest BCUT2D eigenvalue weighted by Crippen LogP contribution is 2.42. The molecule has 114 valence electrons. The van der Waals surface area contributed by atoms with Crippen LogP contribution in [0, 0.1) is 18.8 Å². The predicted molar refractivity (Wildman–Crippen MR) is 77.3 cm³/mol. The molecule has 1 aromatic heterocycles. The molecule has 2 aliphatic rings. The molecule has 7 heteroatoms. The zero-order valence-electron chi connectivity index (χ0n) is 11.8. The highest BCUT2D eigenvalue weighted by molar-refractivity contribution is 7.07. The van der Waals surface area contributed by atoms with E-state index in [-0.39, 0.29) is 23.2 Å². The minimum absolute atomic E-state index is 0.0581. The lowest BCUT2D eigenvalue weighted by atomic mass is 9.94. The molecule has 1 saturated heterocycles. The first-order chi connectivity index (χ1) is 9.99. The molecule has 6 nitrogen and oxygen atoms in total. The second kappa shape index (κ2) is 5.29. The smallest absolute Gasteiger partial charge is 0.326 e. The van der Waals surface area contributed by atoms with E-state index in [4.69, 9.17) is 0 Å². The monoisotopic (exact) mass is 310 g/mol. The van der Waals surface area contributed by atoms with E-state index < -0.39 is 12.0 Å². The molecule has 3 unspecified atom stereocenters. The van der Waals surface area contributed by atoms with Gasteiger partial charge in [-0.2, -0.15) is 0 Å². The Morgan fingerprint density at radius 3 is 2.81 bits per heavy atom. The maximum atomic E-state index is 12.5. The van der Waals surface area contributed by atoms with Gasteiger partial charge in [-0.1, -0.05) is 17.8 Å². The van der Waals surface area contributed by atoms with Crippen LogP contribution < -0.4 is 4.87 Å². The Morgan fingerprint density at radius 2 is 2.19 bits per heavy atom. The van der Waals surface area contributed by atoms with Crippen molar-refractivity contribution in [1.29, 1.82) is 0 Å². The first kappa shape index (κ1) is 14.3. The van der Waals surface area contributed by atoms with E-state index in [2.05, 4.69) is 0 Å². The average Bonchev–Trinajstić information content (AvgIpc) is 3.07. The van der Waals surface area contributed by atoms with Crippen LogP contribution in [0.4, 0.5) is 0 Å². The summed E-state index contributed by atoms with van der Waals surface area (Å²) in [5, 5.41) is 11.2. The second-order valence-corrected chi connectivity index (χ2v) is 6.73. The molecule has 3 atom stereocenters. The van der Waals surface area contributed by atoms with Crippen LogP contribution in [0.15, 0.2) is 10.2 Å². The second-order valence-electron chi connectivity index (χ2n) is 5.91. The number of nitrogens with zero attached hydrogens (tertiary/aromatic N) is 2. The summed E-state index contributed by atoms with van der Waals surface area (Å²) in [4.78, 5) is 37.0. The molecule has 2 fully saturated rings. The number of fused-ring (bicyclic) bond motifs is 1. The number of thiazole rings is 1. The first-order valence-corrected chi connectivity index (χ1v) is 8.04. The summed E-state index contributed by atoms with van der Waals surface area (Å²) in [5.74, 6) is -0.811. The molecule has 3 rings (SSSR count). The van der Waals surface area contributed by atoms with Gasteiger partial charge in [-0.3, -0.25) is 14.2 Å². The fraction of sp³-hybridized carbons (Fsp3) is 0.643. The van der Waals surface area contributed by atoms with Crippen LogP contribution in [0.5, 0.6) is 0 Å². The van der Waals surface area contributed by atoms with Crippen LogP contribution >= 0.6 is 11.3 Å². The number of hydrogen-bond acceptors (Lipinski definition) is 4. The lowest BCUT2D eigenvalue weighted by molar-refractivity contribution is -0.149. The maximum absolute atomic E-state index is 12.5. The zero-order chi connectivity index (χ0) is 15.1. The van der Waals surface area contributed by atoms with Gasteiger partial charge in [0.25, 0.3) is 0 Å². The number of aliphatic carboxylic acids is 1. The number of carbonyl (C=O) groups excluding carboxylic acids is 1. The number of rotatable bonds is 3. The van der Waals surface area contributed by atoms with Crippen molar-refractivity contribution in [3.05, 3.63) is 20.7 Å². The lowest BCUT2D eigenvalue weighted by Gasteiger charge is -2.24. The SMILES string of the molecule is Cc1csc(=O)n1CC(=O)N1CC2CCCC2C1C(=O)O. The summed E-state index contributed by atoms with van der Waals surface area (Å²) in [6.45, 7) is 2.23. The third-order valence-corrected chi connectivity index (χ3v) is 5.61. The van der Waals surface area contributed by atoms with Gasteiger partial charge in [0.1, 0.15) is 12.6 Å². The van der Waals surface area contributed by atoms with Crippen LogP contribution in [0.2, 0.25) is 0 Å². The minimum Gasteiger partial charge on any atom is -0.480 e. The largest absolute Gasteiger partial charge is 0.480 e. The van der Waals surface area contributed by atoms with Gasteiger partial charge in [-0.25, -0.2) is 4.79 Å². The van der Waals surface area contributed by atoms with Crippen LogP contribution in [0.1, 0.15) is 25.0 Å². The molecule has 21 heavy (non-hydrogen) atoms. The van der Waals surface area contributed by atoms with Crippen molar-refractivity contribution in [2.45, 2.75) is 38.8 Å². The number of carboxylic acids is 1. The Bertz CT molecular complexity index is 635. The Balaban J connectivity index is 1.81. The first-order valence-electron chi connectivity index (χ1n) is 7.16. The third-order valence-electron chi connectivity index (χ3n) is 4.73. The molecule has 1 aliphatic heterocycles. The number of carbonyl (C=O) groups is 2. The number of amides is 1. The summed E-state index contributed by atoms with van der Waals surface area (Å²) < 4.78 is 1.42. The van der Waals surface area contributed by atoms with Gasteiger partial charge in [0, 0.05) is 17.6 Å². The fourth-order valence-electron chi connectivity index (χ4n) is 3.70. The number of hydrogen-bond donors (Lipinski definition) is 1. The molecule has 1 aromatic rings. The summed E-state index contributed by atoms with van der Waals surface area (Å²) in [6.07, 6.45) is 2.92. The Hall–Kier alpha value is -1.63. The van der Waals surface area contributed by atoms with Crippen molar-refractivity contribution in [2.75, 3.05) is 6.54 Å². The Morgan fingerprint density at radius 1 is 1.43 bits per heavy atom. The van der Waals surface area contributed by atoms with Crippen molar-refractivity contribution >= 4 is 23.2 Å². The van der Waals surface area contributed by atoms with Gasteiger partial charge in [-0.15, -0.1) is 0 Å². The molecule has 1 aliphatic carbocycles. The molecule has 0 radical (unpaired) electrons. The van der Waals surface area contributed by atoms with Crippen molar-refractivity contribution in [1.82, 2.24) is 9.47 Å². The number of aryl methyl sites for hydroxylation is 1. The zero-order valence-corrected chi connectivity index (χ0v) is 12.6. The Labute approximate surface area is 126 Å². The van der Waals surface area contributed by atoms with E-state index in [0.717, 1.165) is 36.3 Å². The van der Waals surface area contributed by atoms with Crippen LogP contribution in [0.3, 0.4) is 0 Å². The number of likely N-dealkylation sites (tertiary alicyclic amines) is 1. The minimum atomic E-state index is -0.924. The number of carboxylic acid groups (broad SMARTS) is 1. The summed E-state index contributed by atoms with van der Waals surface area (Å²) in [7, 11) is 0. The van der Waals surface area contributed by atoms with Gasteiger partial charge in [0.05, 0.1) is 0 Å². The van der Waals surface area contributed by atoms with Gasteiger partial charge in [-0.05, 0) is 31.6 Å². The topological polar surface area (TPSA) is 79.6 Å². The fourth-order valence-corrected chi connectivity index (χ4v) is 4.44. The normalized spacial score (nSPS) is 27.9. The van der Waals surface area contributed by atoms with Crippen LogP contribution in [-0.4, -0.2) is 39.0 Å².